The van der Waals surface area contributed by atoms with Crippen molar-refractivity contribution in [2.24, 2.45) is 0 Å². The van der Waals surface area contributed by atoms with Crippen LogP contribution in [-0.4, -0.2) is 15.7 Å². The number of nitrogens with one attached hydrogen (secondary N) is 1. The predicted molar refractivity (Wildman–Crippen MR) is 74.8 cm³/mol. The first-order valence-electron chi connectivity index (χ1n) is 6.90. The van der Waals surface area contributed by atoms with E-state index in [0.29, 0.717) is 17.1 Å². The number of hydrogen-bond donors (Lipinski definition) is 1. The molecule has 1 aromatic carbocycles. The molecule has 1 saturated carbocycles. The third kappa shape index (κ3) is 2.98. The lowest BCUT2D eigenvalue weighted by Crippen LogP contribution is -2.08. The van der Waals surface area contributed by atoms with Gasteiger partial charge in [0.05, 0.1) is 5.69 Å². The van der Waals surface area contributed by atoms with Crippen LogP contribution < -0.4 is 5.32 Å². The third-order valence-electron chi connectivity index (χ3n) is 3.46. The minimum atomic E-state index is -4.45. The van der Waals surface area contributed by atoms with Gasteiger partial charge < -0.3 is 5.32 Å². The van der Waals surface area contributed by atoms with Crippen LogP contribution in [0.2, 0.25) is 0 Å². The molecule has 2 aromatic rings. The Kier molecular flexibility index (Phi) is 3.42. The van der Waals surface area contributed by atoms with Crippen LogP contribution in [-0.2, 0) is 11.0 Å². The second kappa shape index (κ2) is 5.15. The standard InChI is InChI=1S/C15H14F3N3O/c1-9(22)19-11-4-6-12(7-5-11)21-13(10-2-3-10)8-14(20-21)15(16,17)18/h4-8,10H,2-3H2,1H3,(H,19,22). The molecule has 7 heteroatoms. The molecule has 0 aliphatic heterocycles. The molecule has 0 bridgehead atoms. The number of aromatic nitrogens is 2. The Balaban J connectivity index is 1.96. The summed E-state index contributed by atoms with van der Waals surface area (Å²) in [5.74, 6) is -0.0662. The maximum atomic E-state index is 12.9. The van der Waals surface area contributed by atoms with Gasteiger partial charge in [0, 0.05) is 24.2 Å². The lowest BCUT2D eigenvalue weighted by molar-refractivity contribution is -0.141. The van der Waals surface area contributed by atoms with Crippen LogP contribution >= 0.6 is 0 Å². The first kappa shape index (κ1) is 14.6. The normalized spacial score (nSPS) is 14.9. The molecule has 4 nitrogen and oxygen atoms in total. The predicted octanol–water partition coefficient (Wildman–Crippen LogP) is 3.73. The fourth-order valence-corrected chi connectivity index (χ4v) is 2.30. The van der Waals surface area contributed by atoms with Gasteiger partial charge in [0.2, 0.25) is 5.91 Å². The van der Waals surface area contributed by atoms with E-state index in [1.807, 2.05) is 0 Å². The Hall–Kier alpha value is -2.31. The number of alkyl halides is 3. The van der Waals surface area contributed by atoms with Gasteiger partial charge in [-0.1, -0.05) is 0 Å². The molecule has 0 radical (unpaired) electrons. The molecule has 1 heterocycles. The summed E-state index contributed by atoms with van der Waals surface area (Å²) < 4.78 is 39.9. The number of rotatable bonds is 3. The molecular formula is C15H14F3N3O. The van der Waals surface area contributed by atoms with E-state index in [9.17, 15) is 18.0 Å². The second-order valence-corrected chi connectivity index (χ2v) is 5.37. The van der Waals surface area contributed by atoms with Gasteiger partial charge in [-0.3, -0.25) is 4.79 Å². The van der Waals surface area contributed by atoms with E-state index in [2.05, 4.69) is 10.4 Å². The van der Waals surface area contributed by atoms with Gasteiger partial charge in [-0.2, -0.15) is 18.3 Å². The van der Waals surface area contributed by atoms with Crippen molar-refractivity contribution in [2.45, 2.75) is 31.9 Å². The zero-order valence-electron chi connectivity index (χ0n) is 11.8. The third-order valence-corrected chi connectivity index (χ3v) is 3.46. The molecule has 0 unspecified atom stereocenters. The number of amides is 1. The largest absolute Gasteiger partial charge is 0.435 e. The molecule has 0 spiro atoms. The van der Waals surface area contributed by atoms with Gasteiger partial charge in [0.15, 0.2) is 5.69 Å². The number of anilines is 1. The van der Waals surface area contributed by atoms with Gasteiger partial charge in [-0.15, -0.1) is 0 Å². The van der Waals surface area contributed by atoms with Gasteiger partial charge in [0.25, 0.3) is 0 Å². The quantitative estimate of drug-likeness (QED) is 0.939. The highest BCUT2D eigenvalue weighted by Gasteiger charge is 2.38. The average Bonchev–Trinajstić information content (AvgIpc) is 3.16. The van der Waals surface area contributed by atoms with Gasteiger partial charge >= 0.3 is 6.18 Å². The molecule has 0 saturated heterocycles. The smallest absolute Gasteiger partial charge is 0.326 e. The molecule has 1 aliphatic carbocycles. The van der Waals surface area contributed by atoms with Crippen LogP contribution in [0.15, 0.2) is 30.3 Å². The van der Waals surface area contributed by atoms with E-state index in [4.69, 9.17) is 0 Å². The van der Waals surface area contributed by atoms with Crippen molar-refractivity contribution in [3.63, 3.8) is 0 Å². The van der Waals surface area contributed by atoms with Crippen molar-refractivity contribution in [1.29, 1.82) is 0 Å². The van der Waals surface area contributed by atoms with Crippen LogP contribution in [0.1, 0.15) is 37.1 Å². The van der Waals surface area contributed by atoms with Crippen molar-refractivity contribution >= 4 is 11.6 Å². The lowest BCUT2D eigenvalue weighted by Gasteiger charge is -2.08. The first-order chi connectivity index (χ1) is 10.3. The fourth-order valence-electron chi connectivity index (χ4n) is 2.30. The lowest BCUT2D eigenvalue weighted by atomic mass is 10.2. The topological polar surface area (TPSA) is 46.9 Å². The number of halogens is 3. The minimum absolute atomic E-state index is 0.138. The van der Waals surface area contributed by atoms with E-state index >= 15 is 0 Å². The van der Waals surface area contributed by atoms with Crippen LogP contribution in [0.4, 0.5) is 18.9 Å². The molecule has 116 valence electrons. The van der Waals surface area contributed by atoms with Crippen LogP contribution in [0.5, 0.6) is 0 Å². The number of carbonyl (C=O) groups excluding carboxylic acids is 1. The average molecular weight is 309 g/mol. The molecule has 1 aromatic heterocycles. The number of hydrogen-bond acceptors (Lipinski definition) is 2. The molecule has 1 amide bonds. The Bertz CT molecular complexity index is 700. The zero-order valence-corrected chi connectivity index (χ0v) is 11.8. The first-order valence-corrected chi connectivity index (χ1v) is 6.90. The monoisotopic (exact) mass is 309 g/mol. The van der Waals surface area contributed by atoms with Crippen molar-refractivity contribution in [3.05, 3.63) is 41.7 Å². The molecule has 22 heavy (non-hydrogen) atoms. The Labute approximate surface area is 124 Å². The van der Waals surface area contributed by atoms with Crippen LogP contribution in [0.3, 0.4) is 0 Å². The zero-order chi connectivity index (χ0) is 15.9. The summed E-state index contributed by atoms with van der Waals surface area (Å²) in [6, 6.07) is 7.69. The number of carbonyl (C=O) groups is 1. The number of benzene rings is 1. The summed E-state index contributed by atoms with van der Waals surface area (Å²) in [6.45, 7) is 1.39. The van der Waals surface area contributed by atoms with Crippen molar-refractivity contribution < 1.29 is 18.0 Å². The molecule has 3 rings (SSSR count). The Morgan fingerprint density at radius 2 is 1.91 bits per heavy atom. The van der Waals surface area contributed by atoms with E-state index in [1.54, 1.807) is 24.3 Å². The Morgan fingerprint density at radius 3 is 2.41 bits per heavy atom. The summed E-state index contributed by atoms with van der Waals surface area (Å²) in [6.07, 6.45) is -2.69. The van der Waals surface area contributed by atoms with Crippen molar-refractivity contribution in [1.82, 2.24) is 9.78 Å². The second-order valence-electron chi connectivity index (χ2n) is 5.37. The summed E-state index contributed by atoms with van der Waals surface area (Å²) in [5.41, 5.74) is 0.846. The van der Waals surface area contributed by atoms with Crippen molar-refractivity contribution in [2.75, 3.05) is 5.32 Å². The highest BCUT2D eigenvalue weighted by Crippen LogP contribution is 2.42. The van der Waals surface area contributed by atoms with Crippen LogP contribution in [0, 0.1) is 0 Å². The maximum Gasteiger partial charge on any atom is 0.435 e. The van der Waals surface area contributed by atoms with Crippen molar-refractivity contribution in [3.8, 4) is 5.69 Å². The summed E-state index contributed by atoms with van der Waals surface area (Å²) >= 11 is 0. The molecule has 1 aliphatic rings. The highest BCUT2D eigenvalue weighted by atomic mass is 19.4. The summed E-state index contributed by atoms with van der Waals surface area (Å²) in [7, 11) is 0. The molecular weight excluding hydrogens is 295 g/mol. The van der Waals surface area contributed by atoms with E-state index in [0.717, 1.165) is 18.9 Å². The summed E-state index contributed by atoms with van der Waals surface area (Å²) in [4.78, 5) is 11.0. The van der Waals surface area contributed by atoms with Gasteiger partial charge in [-0.25, -0.2) is 4.68 Å². The Morgan fingerprint density at radius 1 is 1.27 bits per heavy atom. The minimum Gasteiger partial charge on any atom is -0.326 e. The number of nitrogens with zero attached hydrogens (tertiary/aromatic N) is 2. The van der Waals surface area contributed by atoms with Gasteiger partial charge in [-0.05, 0) is 43.2 Å². The van der Waals surface area contributed by atoms with Crippen LogP contribution in [0.25, 0.3) is 5.69 Å². The summed E-state index contributed by atoms with van der Waals surface area (Å²) in [5, 5.41) is 6.32. The fraction of sp³-hybridized carbons (Fsp3) is 0.333. The molecule has 0 atom stereocenters. The van der Waals surface area contributed by atoms with E-state index < -0.39 is 11.9 Å². The van der Waals surface area contributed by atoms with Gasteiger partial charge in [0.1, 0.15) is 0 Å². The highest BCUT2D eigenvalue weighted by molar-refractivity contribution is 5.88. The van der Waals surface area contributed by atoms with E-state index in [-0.39, 0.29) is 11.8 Å². The SMILES string of the molecule is CC(=O)Nc1ccc(-n2nc(C(F)(F)F)cc2C2CC2)cc1. The molecule has 1 N–H and O–H groups in total. The maximum absolute atomic E-state index is 12.9. The molecule has 1 fully saturated rings. The van der Waals surface area contributed by atoms with E-state index in [1.165, 1.54) is 11.6 Å².